The van der Waals surface area contributed by atoms with E-state index < -0.39 is 0 Å². The number of halogens is 1. The molecule has 1 unspecified atom stereocenters. The van der Waals surface area contributed by atoms with Gasteiger partial charge >= 0.3 is 0 Å². The third-order valence-corrected chi connectivity index (χ3v) is 4.01. The van der Waals surface area contributed by atoms with Crippen LogP contribution in [0.3, 0.4) is 0 Å². The summed E-state index contributed by atoms with van der Waals surface area (Å²) in [4.78, 5) is 12.3. The molecule has 0 bridgehead atoms. The molecule has 0 spiro atoms. The standard InChI is InChI=1S/C21H20FNO3/c1-14-3-5-16(6-4-14)15(2)23-21(24)20-12-11-19(26-20)13-25-18-9-7-17(22)8-10-18/h3-12,15H,13H2,1-2H3,(H,23,24). The van der Waals surface area contributed by atoms with E-state index in [0.29, 0.717) is 11.5 Å². The Morgan fingerprint density at radius 3 is 2.46 bits per heavy atom. The monoisotopic (exact) mass is 353 g/mol. The van der Waals surface area contributed by atoms with Crippen LogP contribution in [0.1, 0.15) is 40.4 Å². The molecular formula is C21H20FNO3. The van der Waals surface area contributed by atoms with E-state index in [0.717, 1.165) is 5.56 Å². The van der Waals surface area contributed by atoms with Crippen LogP contribution in [0, 0.1) is 12.7 Å². The Bertz CT molecular complexity index is 869. The number of nitrogens with one attached hydrogen (secondary N) is 1. The van der Waals surface area contributed by atoms with Crippen molar-refractivity contribution in [2.45, 2.75) is 26.5 Å². The van der Waals surface area contributed by atoms with Crippen LogP contribution in [0.4, 0.5) is 4.39 Å². The minimum absolute atomic E-state index is 0.132. The number of rotatable bonds is 6. The minimum atomic E-state index is -0.322. The molecule has 26 heavy (non-hydrogen) atoms. The maximum absolute atomic E-state index is 12.9. The van der Waals surface area contributed by atoms with Gasteiger partial charge in [0.15, 0.2) is 5.76 Å². The topological polar surface area (TPSA) is 51.5 Å². The molecule has 0 fully saturated rings. The number of ether oxygens (including phenoxy) is 1. The molecule has 0 saturated heterocycles. The molecule has 0 aliphatic rings. The van der Waals surface area contributed by atoms with E-state index in [9.17, 15) is 9.18 Å². The molecule has 3 rings (SSSR count). The fourth-order valence-electron chi connectivity index (χ4n) is 2.47. The second-order valence-electron chi connectivity index (χ2n) is 6.11. The fourth-order valence-corrected chi connectivity index (χ4v) is 2.47. The van der Waals surface area contributed by atoms with Crippen LogP contribution in [0.5, 0.6) is 5.75 Å². The zero-order valence-electron chi connectivity index (χ0n) is 14.7. The molecule has 1 aromatic heterocycles. The fraction of sp³-hybridized carbons (Fsp3) is 0.190. The predicted octanol–water partition coefficient (Wildman–Crippen LogP) is 4.80. The van der Waals surface area contributed by atoms with Gasteiger partial charge in [0.05, 0.1) is 6.04 Å². The first-order valence-electron chi connectivity index (χ1n) is 8.36. The smallest absolute Gasteiger partial charge is 0.287 e. The molecule has 0 aliphatic heterocycles. The first kappa shape index (κ1) is 17.7. The van der Waals surface area contributed by atoms with Gasteiger partial charge in [0, 0.05) is 0 Å². The molecule has 0 radical (unpaired) electrons. The number of hydrogen-bond donors (Lipinski definition) is 1. The first-order valence-corrected chi connectivity index (χ1v) is 8.36. The summed E-state index contributed by atoms with van der Waals surface area (Å²) in [7, 11) is 0. The van der Waals surface area contributed by atoms with Crippen LogP contribution in [-0.4, -0.2) is 5.91 Å². The highest BCUT2D eigenvalue weighted by atomic mass is 19.1. The lowest BCUT2D eigenvalue weighted by molar-refractivity contribution is 0.0907. The van der Waals surface area contributed by atoms with E-state index in [1.807, 2.05) is 38.1 Å². The molecule has 1 atom stereocenters. The van der Waals surface area contributed by atoms with Crippen molar-refractivity contribution in [2.75, 3.05) is 0 Å². The van der Waals surface area contributed by atoms with Crippen molar-refractivity contribution in [1.29, 1.82) is 0 Å². The van der Waals surface area contributed by atoms with Crippen LogP contribution in [-0.2, 0) is 6.61 Å². The Balaban J connectivity index is 1.57. The lowest BCUT2D eigenvalue weighted by Gasteiger charge is -2.13. The summed E-state index contributed by atoms with van der Waals surface area (Å²) in [5, 5.41) is 2.91. The summed E-state index contributed by atoms with van der Waals surface area (Å²) in [6.07, 6.45) is 0. The van der Waals surface area contributed by atoms with Crippen LogP contribution >= 0.6 is 0 Å². The summed E-state index contributed by atoms with van der Waals surface area (Å²) >= 11 is 0. The highest BCUT2D eigenvalue weighted by Crippen LogP contribution is 2.17. The number of hydrogen-bond acceptors (Lipinski definition) is 3. The van der Waals surface area contributed by atoms with Crippen LogP contribution in [0.25, 0.3) is 0 Å². The maximum Gasteiger partial charge on any atom is 0.287 e. The lowest BCUT2D eigenvalue weighted by Crippen LogP contribution is -2.26. The Kier molecular flexibility index (Phi) is 5.37. The van der Waals surface area contributed by atoms with Crippen molar-refractivity contribution >= 4 is 5.91 Å². The third kappa shape index (κ3) is 4.51. The predicted molar refractivity (Wildman–Crippen MR) is 96.5 cm³/mol. The number of carbonyl (C=O) groups excluding carboxylic acids is 1. The van der Waals surface area contributed by atoms with Crippen molar-refractivity contribution in [3.8, 4) is 5.75 Å². The van der Waals surface area contributed by atoms with Crippen LogP contribution in [0.15, 0.2) is 65.1 Å². The summed E-state index contributed by atoms with van der Waals surface area (Å²) in [5.74, 6) is 0.661. The van der Waals surface area contributed by atoms with E-state index in [-0.39, 0.29) is 30.1 Å². The molecule has 1 amide bonds. The molecular weight excluding hydrogens is 333 g/mol. The van der Waals surface area contributed by atoms with Gasteiger partial charge in [0.1, 0.15) is 23.9 Å². The van der Waals surface area contributed by atoms with Gasteiger partial charge in [-0.15, -0.1) is 0 Å². The average molecular weight is 353 g/mol. The molecule has 4 nitrogen and oxygen atoms in total. The second-order valence-corrected chi connectivity index (χ2v) is 6.11. The van der Waals surface area contributed by atoms with Crippen molar-refractivity contribution in [2.24, 2.45) is 0 Å². The van der Waals surface area contributed by atoms with Gasteiger partial charge in [0.25, 0.3) is 5.91 Å². The van der Waals surface area contributed by atoms with Crippen molar-refractivity contribution in [3.63, 3.8) is 0 Å². The Morgan fingerprint density at radius 1 is 1.08 bits per heavy atom. The van der Waals surface area contributed by atoms with Gasteiger partial charge in [0.2, 0.25) is 0 Å². The molecule has 1 heterocycles. The SMILES string of the molecule is Cc1ccc(C(C)NC(=O)c2ccc(COc3ccc(F)cc3)o2)cc1. The highest BCUT2D eigenvalue weighted by Gasteiger charge is 2.15. The van der Waals surface area contributed by atoms with E-state index in [2.05, 4.69) is 5.32 Å². The van der Waals surface area contributed by atoms with E-state index in [1.54, 1.807) is 12.1 Å². The number of benzene rings is 2. The van der Waals surface area contributed by atoms with Gasteiger partial charge in [-0.3, -0.25) is 4.79 Å². The summed E-state index contributed by atoms with van der Waals surface area (Å²) in [6, 6.07) is 16.9. The van der Waals surface area contributed by atoms with Crippen LogP contribution in [0.2, 0.25) is 0 Å². The Labute approximate surface area is 151 Å². The molecule has 0 saturated carbocycles. The van der Waals surface area contributed by atoms with Gasteiger partial charge in [-0.05, 0) is 55.8 Å². The van der Waals surface area contributed by atoms with E-state index in [1.165, 1.54) is 29.8 Å². The molecule has 134 valence electrons. The van der Waals surface area contributed by atoms with Crippen LogP contribution < -0.4 is 10.1 Å². The van der Waals surface area contributed by atoms with E-state index in [4.69, 9.17) is 9.15 Å². The van der Waals surface area contributed by atoms with Gasteiger partial charge in [-0.25, -0.2) is 4.39 Å². The minimum Gasteiger partial charge on any atom is -0.486 e. The number of amides is 1. The van der Waals surface area contributed by atoms with Gasteiger partial charge in [-0.1, -0.05) is 29.8 Å². The number of furan rings is 1. The second kappa shape index (κ2) is 7.87. The zero-order valence-corrected chi connectivity index (χ0v) is 14.7. The molecule has 3 aromatic rings. The van der Waals surface area contributed by atoms with Crippen molar-refractivity contribution in [3.05, 3.63) is 89.1 Å². The Morgan fingerprint density at radius 2 is 1.77 bits per heavy atom. The van der Waals surface area contributed by atoms with Crippen molar-refractivity contribution in [1.82, 2.24) is 5.32 Å². The summed E-state index contributed by atoms with van der Waals surface area (Å²) < 4.78 is 23.9. The summed E-state index contributed by atoms with van der Waals surface area (Å²) in [6.45, 7) is 4.10. The molecule has 0 aliphatic carbocycles. The summed E-state index contributed by atoms with van der Waals surface area (Å²) in [5.41, 5.74) is 2.19. The molecule has 2 aromatic carbocycles. The average Bonchev–Trinajstić information content (AvgIpc) is 3.11. The lowest BCUT2D eigenvalue weighted by atomic mass is 10.1. The molecule has 1 N–H and O–H groups in total. The van der Waals surface area contributed by atoms with E-state index >= 15 is 0 Å². The first-order chi connectivity index (χ1) is 12.5. The van der Waals surface area contributed by atoms with Gasteiger partial charge < -0.3 is 14.5 Å². The number of carbonyl (C=O) groups is 1. The normalized spacial score (nSPS) is 11.8. The highest BCUT2D eigenvalue weighted by molar-refractivity contribution is 5.91. The zero-order chi connectivity index (χ0) is 18.5. The number of aryl methyl sites for hydroxylation is 1. The maximum atomic E-state index is 12.9. The van der Waals surface area contributed by atoms with Crippen molar-refractivity contribution < 1.29 is 18.3 Å². The largest absolute Gasteiger partial charge is 0.486 e. The quantitative estimate of drug-likeness (QED) is 0.693. The van der Waals surface area contributed by atoms with Gasteiger partial charge in [-0.2, -0.15) is 0 Å². The Hall–Kier alpha value is -3.08. The third-order valence-electron chi connectivity index (χ3n) is 4.01. The molecule has 5 heteroatoms.